The van der Waals surface area contributed by atoms with Crippen LogP contribution in [0.1, 0.15) is 11.7 Å². The number of fused-ring (bicyclic) bond motifs is 1. The number of hydrogen-bond acceptors (Lipinski definition) is 7. The van der Waals surface area contributed by atoms with Crippen molar-refractivity contribution >= 4 is 28.4 Å². The number of ether oxygens (including phenoxy) is 2. The zero-order chi connectivity index (χ0) is 20.7. The molecule has 2 N–H and O–H groups in total. The molecule has 1 aliphatic heterocycles. The second-order valence-electron chi connectivity index (χ2n) is 7.55. The lowest BCUT2D eigenvalue weighted by Crippen LogP contribution is -2.31. The summed E-state index contributed by atoms with van der Waals surface area (Å²) in [4.78, 5) is 8.51. The third kappa shape index (κ3) is 3.00. The van der Waals surface area contributed by atoms with Gasteiger partial charge in [-0.15, -0.1) is 0 Å². The first-order chi connectivity index (χ1) is 13.2. The monoisotopic (exact) mass is 385 g/mol. The second-order valence-corrected chi connectivity index (χ2v) is 7.55. The van der Waals surface area contributed by atoms with Gasteiger partial charge in [-0.25, -0.2) is 0 Å². The Hall–Kier alpha value is -2.96. The summed E-state index contributed by atoms with van der Waals surface area (Å²) in [6.07, 6.45) is -0.0760. The largest absolute Gasteiger partial charge is 0.496 e. The second kappa shape index (κ2) is 7.22. The summed E-state index contributed by atoms with van der Waals surface area (Å²) < 4.78 is 11.6. The molecule has 3 rings (SSSR count). The van der Waals surface area contributed by atoms with Gasteiger partial charge in [0.15, 0.2) is 0 Å². The standard InChI is InChI=1S/C21H31N5O2/c1-23(2)13-9-18(27-7)20(19(10-13)28-8)21-25(5)16-11-14(22)15(24(3)4)12-17(16)26(21)6/h9-12,21H,22H2,1-8H3. The molecule has 0 saturated heterocycles. The van der Waals surface area contributed by atoms with Gasteiger partial charge in [0.25, 0.3) is 0 Å². The molecule has 0 amide bonds. The van der Waals surface area contributed by atoms with Crippen LogP contribution < -0.4 is 34.8 Å². The molecule has 2 aromatic rings. The highest BCUT2D eigenvalue weighted by atomic mass is 16.5. The third-order valence-corrected chi connectivity index (χ3v) is 5.40. The number of nitrogen functional groups attached to an aromatic ring is 1. The van der Waals surface area contributed by atoms with Crippen LogP contribution in [-0.2, 0) is 0 Å². The molecule has 0 aromatic heterocycles. The molecule has 1 atom stereocenters. The van der Waals surface area contributed by atoms with E-state index in [2.05, 4.69) is 30.0 Å². The zero-order valence-electron chi connectivity index (χ0n) is 18.1. The van der Waals surface area contributed by atoms with Crippen molar-refractivity contribution in [1.82, 2.24) is 0 Å². The van der Waals surface area contributed by atoms with Gasteiger partial charge in [-0.05, 0) is 12.1 Å². The third-order valence-electron chi connectivity index (χ3n) is 5.40. The minimum atomic E-state index is -0.0760. The number of methoxy groups -OCH3 is 2. The molecule has 0 bridgehead atoms. The van der Waals surface area contributed by atoms with E-state index in [1.165, 1.54) is 0 Å². The van der Waals surface area contributed by atoms with E-state index in [1.54, 1.807) is 14.2 Å². The Morgan fingerprint density at radius 1 is 0.821 bits per heavy atom. The first-order valence-corrected chi connectivity index (χ1v) is 9.21. The first kappa shape index (κ1) is 19.8. The fourth-order valence-corrected chi connectivity index (χ4v) is 3.88. The minimum absolute atomic E-state index is 0.0760. The molecule has 7 nitrogen and oxygen atoms in total. The molecule has 28 heavy (non-hydrogen) atoms. The zero-order valence-corrected chi connectivity index (χ0v) is 18.1. The van der Waals surface area contributed by atoms with Gasteiger partial charge in [-0.3, -0.25) is 0 Å². The van der Waals surface area contributed by atoms with Crippen molar-refractivity contribution < 1.29 is 9.47 Å². The van der Waals surface area contributed by atoms with Crippen LogP contribution in [0.5, 0.6) is 11.5 Å². The van der Waals surface area contributed by atoms with E-state index >= 15 is 0 Å². The molecule has 0 saturated carbocycles. The summed E-state index contributed by atoms with van der Waals surface area (Å²) in [7, 11) is 15.6. The maximum atomic E-state index is 6.31. The topological polar surface area (TPSA) is 57.4 Å². The molecular weight excluding hydrogens is 354 g/mol. The lowest BCUT2D eigenvalue weighted by molar-refractivity contribution is 0.378. The molecule has 0 radical (unpaired) electrons. The van der Waals surface area contributed by atoms with Gasteiger partial charge in [-0.1, -0.05) is 0 Å². The average molecular weight is 386 g/mol. The van der Waals surface area contributed by atoms with Crippen molar-refractivity contribution in [1.29, 1.82) is 0 Å². The Bertz CT molecular complexity index is 856. The molecule has 1 heterocycles. The van der Waals surface area contributed by atoms with Crippen LogP contribution in [0.4, 0.5) is 28.4 Å². The first-order valence-electron chi connectivity index (χ1n) is 9.21. The van der Waals surface area contributed by atoms with Crippen LogP contribution in [-0.4, -0.2) is 56.5 Å². The van der Waals surface area contributed by atoms with E-state index in [9.17, 15) is 0 Å². The summed E-state index contributed by atoms with van der Waals surface area (Å²) in [5, 5.41) is 0. The molecule has 2 aromatic carbocycles. The fourth-order valence-electron chi connectivity index (χ4n) is 3.88. The number of anilines is 5. The van der Waals surface area contributed by atoms with Gasteiger partial charge in [0.2, 0.25) is 0 Å². The van der Waals surface area contributed by atoms with Crippen molar-refractivity contribution in [2.75, 3.05) is 81.8 Å². The van der Waals surface area contributed by atoms with Crippen LogP contribution in [0.15, 0.2) is 24.3 Å². The van der Waals surface area contributed by atoms with Gasteiger partial charge in [0, 0.05) is 60.1 Å². The smallest absolute Gasteiger partial charge is 0.135 e. The van der Waals surface area contributed by atoms with Crippen LogP contribution in [0, 0.1) is 0 Å². The highest BCUT2D eigenvalue weighted by Crippen LogP contribution is 2.51. The van der Waals surface area contributed by atoms with E-state index in [4.69, 9.17) is 15.2 Å². The number of nitrogens with two attached hydrogens (primary N) is 1. The maximum Gasteiger partial charge on any atom is 0.135 e. The molecule has 0 spiro atoms. The van der Waals surface area contributed by atoms with Crippen molar-refractivity contribution in [3.05, 3.63) is 29.8 Å². The molecule has 1 aliphatic rings. The number of nitrogens with zero attached hydrogens (tertiary/aromatic N) is 4. The molecule has 1 unspecified atom stereocenters. The fraction of sp³-hybridized carbons (Fsp3) is 0.429. The Morgan fingerprint density at radius 3 is 1.75 bits per heavy atom. The molecule has 0 fully saturated rings. The lowest BCUT2D eigenvalue weighted by Gasteiger charge is -2.31. The highest BCUT2D eigenvalue weighted by molar-refractivity contribution is 5.88. The predicted molar refractivity (Wildman–Crippen MR) is 119 cm³/mol. The predicted octanol–water partition coefficient (Wildman–Crippen LogP) is 3.00. The number of rotatable bonds is 5. The Morgan fingerprint density at radius 2 is 1.32 bits per heavy atom. The quantitative estimate of drug-likeness (QED) is 0.794. The van der Waals surface area contributed by atoms with Crippen molar-refractivity contribution in [2.45, 2.75) is 6.17 Å². The van der Waals surface area contributed by atoms with Gasteiger partial charge in [-0.2, -0.15) is 0 Å². The van der Waals surface area contributed by atoms with Crippen LogP contribution in [0.3, 0.4) is 0 Å². The van der Waals surface area contributed by atoms with Gasteiger partial charge in [0.1, 0.15) is 17.7 Å². The van der Waals surface area contributed by atoms with E-state index in [-0.39, 0.29) is 6.17 Å². The van der Waals surface area contributed by atoms with Crippen LogP contribution in [0.2, 0.25) is 0 Å². The van der Waals surface area contributed by atoms with Crippen molar-refractivity contribution in [2.24, 2.45) is 0 Å². The summed E-state index contributed by atoms with van der Waals surface area (Å²) in [6.45, 7) is 0. The summed E-state index contributed by atoms with van der Waals surface area (Å²) >= 11 is 0. The Labute approximate surface area is 167 Å². The van der Waals surface area contributed by atoms with E-state index in [0.29, 0.717) is 0 Å². The van der Waals surface area contributed by atoms with Crippen LogP contribution in [0.25, 0.3) is 0 Å². The number of benzene rings is 2. The highest BCUT2D eigenvalue weighted by Gasteiger charge is 2.37. The summed E-state index contributed by atoms with van der Waals surface area (Å²) in [5.74, 6) is 1.58. The molecule has 0 aliphatic carbocycles. The molecular formula is C21H31N5O2. The molecule has 7 heteroatoms. The number of hydrogen-bond donors (Lipinski definition) is 1. The van der Waals surface area contributed by atoms with Crippen LogP contribution >= 0.6 is 0 Å². The van der Waals surface area contributed by atoms with Crippen molar-refractivity contribution in [3.63, 3.8) is 0 Å². The van der Waals surface area contributed by atoms with Gasteiger partial charge >= 0.3 is 0 Å². The lowest BCUT2D eigenvalue weighted by atomic mass is 10.1. The van der Waals surface area contributed by atoms with Gasteiger partial charge in [0.05, 0.1) is 42.5 Å². The van der Waals surface area contributed by atoms with Crippen molar-refractivity contribution in [3.8, 4) is 11.5 Å². The summed E-state index contributed by atoms with van der Waals surface area (Å²) in [6, 6.07) is 8.26. The normalized spacial score (nSPS) is 15.5. The van der Waals surface area contributed by atoms with E-state index in [0.717, 1.165) is 45.5 Å². The minimum Gasteiger partial charge on any atom is -0.496 e. The SMILES string of the molecule is COc1cc(N(C)C)cc(OC)c1C1N(C)c2cc(N)c(N(C)C)cc2N1C. The Kier molecular flexibility index (Phi) is 5.10. The summed E-state index contributed by atoms with van der Waals surface area (Å²) in [5.41, 5.74) is 12.3. The maximum absolute atomic E-state index is 6.31. The van der Waals surface area contributed by atoms with E-state index < -0.39 is 0 Å². The average Bonchev–Trinajstić information content (AvgIpc) is 2.89. The molecule has 152 valence electrons. The van der Waals surface area contributed by atoms with Gasteiger partial charge < -0.3 is 34.8 Å². The Balaban J connectivity index is 2.17. The van der Waals surface area contributed by atoms with E-state index in [1.807, 2.05) is 56.2 Å².